The first-order valence-corrected chi connectivity index (χ1v) is 14.5. The molecule has 0 radical (unpaired) electrons. The zero-order valence-electron chi connectivity index (χ0n) is 22.4. The quantitative estimate of drug-likeness (QED) is 0.373. The van der Waals surface area contributed by atoms with Gasteiger partial charge in [0, 0.05) is 24.4 Å². The van der Waals surface area contributed by atoms with Crippen molar-refractivity contribution >= 4 is 40.1 Å². The van der Waals surface area contributed by atoms with E-state index < -0.39 is 45.4 Å². The number of aliphatic imine (C=N–C) groups is 1. The zero-order chi connectivity index (χ0) is 30.4. The number of fused-ring (bicyclic) bond motifs is 3. The van der Waals surface area contributed by atoms with Gasteiger partial charge in [0.15, 0.2) is 6.61 Å². The Morgan fingerprint density at radius 2 is 2.12 bits per heavy atom. The minimum Gasteiger partial charge on any atom is -0.484 e. The second-order valence-corrected chi connectivity index (χ2v) is 12.3. The van der Waals surface area contributed by atoms with Crippen LogP contribution in [0.25, 0.3) is 5.82 Å². The van der Waals surface area contributed by atoms with E-state index in [9.17, 15) is 31.2 Å². The highest BCUT2D eigenvalue weighted by molar-refractivity contribution is 7.91. The number of alkyl halides is 3. The molecule has 0 bridgehead atoms. The molecule has 1 fully saturated rings. The number of hydrogen-bond donors (Lipinski definition) is 3. The van der Waals surface area contributed by atoms with Crippen molar-refractivity contribution < 1.29 is 35.9 Å². The molecule has 2 heterocycles. The van der Waals surface area contributed by atoms with E-state index in [1.807, 2.05) is 0 Å². The van der Waals surface area contributed by atoms with Crippen molar-refractivity contribution in [2.24, 2.45) is 4.99 Å². The molecule has 222 valence electrons. The fraction of sp³-hybridized carbons (Fsp3) is 0.370. The van der Waals surface area contributed by atoms with Crippen molar-refractivity contribution in [1.29, 1.82) is 5.41 Å². The Morgan fingerprint density at radius 3 is 2.76 bits per heavy atom. The van der Waals surface area contributed by atoms with Crippen molar-refractivity contribution in [3.63, 3.8) is 0 Å². The highest BCUT2D eigenvalue weighted by atomic mass is 32.2. The number of carbonyl (C=O) groups excluding carboxylic acids is 2. The molecule has 1 saturated carbocycles. The third-order valence-corrected chi connectivity index (χ3v) is 9.08. The van der Waals surface area contributed by atoms with Gasteiger partial charge >= 0.3 is 6.18 Å². The summed E-state index contributed by atoms with van der Waals surface area (Å²) in [6.45, 7) is 3.82. The van der Waals surface area contributed by atoms with Crippen molar-refractivity contribution in [3.8, 4) is 5.75 Å². The SMILES string of the molecule is C=C(C=N)C=N/C(=C\C)n1nc2c(c1C(=O)NS(=O)(=O)C1CC1)C(=O)N[C@@]1(CCc3cc(OCC(F)(F)F)ccc31)C2. The van der Waals surface area contributed by atoms with Gasteiger partial charge in [-0.25, -0.2) is 22.8 Å². The third-order valence-electron chi connectivity index (χ3n) is 7.26. The van der Waals surface area contributed by atoms with Crippen LogP contribution in [-0.4, -0.2) is 60.5 Å². The molecule has 1 spiro atoms. The molecule has 5 rings (SSSR count). The Labute approximate surface area is 239 Å². The van der Waals surface area contributed by atoms with Crippen molar-refractivity contribution in [1.82, 2.24) is 19.8 Å². The number of amides is 2. The molecule has 1 aromatic carbocycles. The zero-order valence-corrected chi connectivity index (χ0v) is 23.2. The molecule has 0 unspecified atom stereocenters. The van der Waals surface area contributed by atoms with Crippen LogP contribution in [0.1, 0.15) is 63.9 Å². The van der Waals surface area contributed by atoms with E-state index in [1.165, 1.54) is 24.4 Å². The number of benzene rings is 1. The maximum atomic E-state index is 13.7. The average Bonchev–Trinajstić information content (AvgIpc) is 3.65. The summed E-state index contributed by atoms with van der Waals surface area (Å²) in [5.41, 5.74) is 0.469. The number of ether oxygens (including phenoxy) is 1. The lowest BCUT2D eigenvalue weighted by atomic mass is 9.82. The molecule has 15 heteroatoms. The Hall–Kier alpha value is -4.27. The van der Waals surface area contributed by atoms with Crippen molar-refractivity contribution in [3.05, 3.63) is 64.5 Å². The number of carbonyl (C=O) groups is 2. The summed E-state index contributed by atoms with van der Waals surface area (Å²) < 4.78 is 71.1. The normalized spacial score (nSPS) is 20.3. The fourth-order valence-corrected chi connectivity index (χ4v) is 6.46. The number of aryl methyl sites for hydroxylation is 1. The Bertz CT molecular complexity index is 1670. The van der Waals surface area contributed by atoms with Crippen molar-refractivity contribution in [2.45, 2.75) is 56.0 Å². The molecule has 11 nitrogen and oxygen atoms in total. The molecule has 42 heavy (non-hydrogen) atoms. The minimum absolute atomic E-state index is 0.0492. The lowest BCUT2D eigenvalue weighted by Crippen LogP contribution is -2.50. The second-order valence-electron chi connectivity index (χ2n) is 10.3. The first kappa shape index (κ1) is 29.2. The molecule has 2 aromatic rings. The molecule has 3 N–H and O–H groups in total. The number of sulfonamides is 1. The van der Waals surface area contributed by atoms with Gasteiger partial charge in [-0.05, 0) is 61.9 Å². The van der Waals surface area contributed by atoms with Crippen molar-refractivity contribution in [2.75, 3.05) is 6.61 Å². The van der Waals surface area contributed by atoms with Crippen LogP contribution >= 0.6 is 0 Å². The van der Waals surface area contributed by atoms with Crippen LogP contribution < -0.4 is 14.8 Å². The lowest BCUT2D eigenvalue weighted by Gasteiger charge is -2.35. The van der Waals surface area contributed by atoms with Crippen LogP contribution in [0.4, 0.5) is 13.2 Å². The predicted molar refractivity (Wildman–Crippen MR) is 147 cm³/mol. The van der Waals surface area contributed by atoms with Gasteiger partial charge in [0.05, 0.1) is 22.0 Å². The maximum Gasteiger partial charge on any atom is 0.422 e. The van der Waals surface area contributed by atoms with E-state index in [1.54, 1.807) is 13.0 Å². The van der Waals surface area contributed by atoms with E-state index in [4.69, 9.17) is 10.1 Å². The smallest absolute Gasteiger partial charge is 0.422 e. The molecule has 1 atom stereocenters. The maximum absolute atomic E-state index is 13.7. The standard InChI is InChI=1S/C27H27F3N6O5S/c1-3-21(32-13-15(2)12-31)36-23(25(38)35-42(39,40)18-5-6-18)22-20(34-36)11-26(33-24(22)37)9-8-16-10-17(4-7-19(16)26)41-14-27(28,29)30/h3-4,7,10,12-13,18,31H,2,5-6,8-9,11,14H2,1H3,(H,33,37)(H,35,38)/b21-3+,31-12?,32-13?/t26-/m0/s1. The van der Waals surface area contributed by atoms with Crippen LogP contribution in [0.3, 0.4) is 0 Å². The average molecular weight is 605 g/mol. The van der Waals surface area contributed by atoms with Gasteiger partial charge in [0.1, 0.15) is 17.3 Å². The van der Waals surface area contributed by atoms with Gasteiger partial charge in [-0.15, -0.1) is 0 Å². The molecule has 2 aliphatic carbocycles. The van der Waals surface area contributed by atoms with Gasteiger partial charge in [-0.1, -0.05) is 12.6 Å². The molecular formula is C27H27F3N6O5S. The first-order valence-electron chi connectivity index (χ1n) is 13.0. The van der Waals surface area contributed by atoms with Crippen LogP contribution in [0.5, 0.6) is 5.75 Å². The molecule has 0 saturated heterocycles. The van der Waals surface area contributed by atoms with Gasteiger partial charge in [-0.2, -0.15) is 18.3 Å². The van der Waals surface area contributed by atoms with Gasteiger partial charge in [0.25, 0.3) is 11.8 Å². The number of nitrogens with one attached hydrogen (secondary N) is 3. The van der Waals surface area contributed by atoms with E-state index >= 15 is 0 Å². The Balaban J connectivity index is 1.54. The Kier molecular flexibility index (Phi) is 7.33. The molecular weight excluding hydrogens is 577 g/mol. The van der Waals surface area contributed by atoms with Crippen LogP contribution in [0.15, 0.2) is 41.4 Å². The lowest BCUT2D eigenvalue weighted by molar-refractivity contribution is -0.153. The third kappa shape index (κ3) is 5.60. The fourth-order valence-electron chi connectivity index (χ4n) is 5.18. The van der Waals surface area contributed by atoms with Gasteiger partial charge in [0.2, 0.25) is 10.0 Å². The van der Waals surface area contributed by atoms with E-state index in [0.717, 1.165) is 10.9 Å². The van der Waals surface area contributed by atoms with Crippen LogP contribution in [0, 0.1) is 5.41 Å². The highest BCUT2D eigenvalue weighted by Gasteiger charge is 2.48. The van der Waals surface area contributed by atoms with E-state index in [-0.39, 0.29) is 40.5 Å². The number of aromatic nitrogens is 2. The molecule has 3 aliphatic rings. The largest absolute Gasteiger partial charge is 0.484 e. The van der Waals surface area contributed by atoms with Gasteiger partial charge in [-0.3, -0.25) is 9.59 Å². The first-order chi connectivity index (χ1) is 19.8. The van der Waals surface area contributed by atoms with E-state index in [0.29, 0.717) is 36.8 Å². The molecule has 2 amide bonds. The van der Waals surface area contributed by atoms with Crippen LogP contribution in [-0.2, 0) is 28.4 Å². The minimum atomic E-state index is -4.49. The Morgan fingerprint density at radius 1 is 1.38 bits per heavy atom. The number of nitrogens with zero attached hydrogens (tertiary/aromatic N) is 3. The predicted octanol–water partition coefficient (Wildman–Crippen LogP) is 3.27. The molecule has 1 aliphatic heterocycles. The number of hydrogen-bond acceptors (Lipinski definition) is 8. The number of rotatable bonds is 9. The summed E-state index contributed by atoms with van der Waals surface area (Å²) in [5.74, 6) is -1.57. The molecule has 1 aromatic heterocycles. The second kappa shape index (κ2) is 10.5. The monoisotopic (exact) mass is 604 g/mol. The summed E-state index contributed by atoms with van der Waals surface area (Å²) >= 11 is 0. The summed E-state index contributed by atoms with van der Waals surface area (Å²) in [4.78, 5) is 31.3. The summed E-state index contributed by atoms with van der Waals surface area (Å²) in [5, 5.41) is 14.1. The summed E-state index contributed by atoms with van der Waals surface area (Å²) in [6, 6.07) is 4.53. The number of allylic oxidation sites excluding steroid dienone is 2. The van der Waals surface area contributed by atoms with Gasteiger partial charge < -0.3 is 15.5 Å². The number of halogens is 3. The topological polar surface area (TPSA) is 156 Å². The summed E-state index contributed by atoms with van der Waals surface area (Å²) in [7, 11) is -3.97. The van der Waals surface area contributed by atoms with Crippen LogP contribution in [0.2, 0.25) is 0 Å². The summed E-state index contributed by atoms with van der Waals surface area (Å²) in [6.07, 6.45) is 1.06. The van der Waals surface area contributed by atoms with E-state index in [2.05, 4.69) is 26.7 Å². The highest BCUT2D eigenvalue weighted by Crippen LogP contribution is 2.44.